The smallest absolute Gasteiger partial charge is 0.310 e. The fourth-order valence-corrected chi connectivity index (χ4v) is 2.28. The molecule has 0 radical (unpaired) electrons. The van der Waals surface area contributed by atoms with Gasteiger partial charge in [0.25, 0.3) is 0 Å². The number of likely N-dealkylation sites (tertiary alicyclic amines) is 1. The molecule has 5 heteroatoms. The van der Waals surface area contributed by atoms with Gasteiger partial charge in [-0.3, -0.25) is 14.7 Å². The third-order valence-corrected chi connectivity index (χ3v) is 3.30. The van der Waals surface area contributed by atoms with Crippen LogP contribution in [-0.4, -0.2) is 43.1 Å². The fraction of sp³-hybridized carbons (Fsp3) is 0.538. The second kappa shape index (κ2) is 5.82. The summed E-state index contributed by atoms with van der Waals surface area (Å²) in [6.07, 6.45) is 2.67. The van der Waals surface area contributed by atoms with Crippen molar-refractivity contribution in [2.45, 2.75) is 13.0 Å². The van der Waals surface area contributed by atoms with E-state index in [-0.39, 0.29) is 11.9 Å². The van der Waals surface area contributed by atoms with Crippen LogP contribution in [0.25, 0.3) is 0 Å². The van der Waals surface area contributed by atoms with E-state index in [0.29, 0.717) is 0 Å². The highest BCUT2D eigenvalue weighted by molar-refractivity contribution is 5.72. The Bertz CT molecular complexity index is 422. The summed E-state index contributed by atoms with van der Waals surface area (Å²) >= 11 is 0. The van der Waals surface area contributed by atoms with Crippen molar-refractivity contribution in [3.05, 3.63) is 24.0 Å². The topological polar surface area (TPSA) is 54.5 Å². The Morgan fingerprint density at radius 1 is 1.67 bits per heavy atom. The number of nitrogens with zero attached hydrogens (tertiary/aromatic N) is 2. The Labute approximate surface area is 107 Å². The number of nitrogens with one attached hydrogen (secondary N) is 1. The molecule has 2 rings (SSSR count). The Kier molecular flexibility index (Phi) is 4.15. The van der Waals surface area contributed by atoms with Gasteiger partial charge >= 0.3 is 5.97 Å². The van der Waals surface area contributed by atoms with Gasteiger partial charge in [0.15, 0.2) is 0 Å². The summed E-state index contributed by atoms with van der Waals surface area (Å²) in [5.74, 6) is -0.0862. The molecule has 1 N–H and O–H groups in total. The van der Waals surface area contributed by atoms with Crippen LogP contribution >= 0.6 is 0 Å². The monoisotopic (exact) mass is 249 g/mol. The lowest BCUT2D eigenvalue weighted by atomic mass is 10.1. The quantitative estimate of drug-likeness (QED) is 0.810. The van der Waals surface area contributed by atoms with Crippen LogP contribution in [0.1, 0.15) is 12.1 Å². The highest BCUT2D eigenvalue weighted by Gasteiger charge is 2.28. The summed E-state index contributed by atoms with van der Waals surface area (Å²) in [6, 6.07) is 3.97. The Morgan fingerprint density at radius 2 is 2.50 bits per heavy atom. The lowest BCUT2D eigenvalue weighted by Gasteiger charge is -2.15. The first kappa shape index (κ1) is 12.8. The maximum absolute atomic E-state index is 11.4. The molecule has 5 nitrogen and oxygen atoms in total. The van der Waals surface area contributed by atoms with E-state index >= 15 is 0 Å². The zero-order valence-corrected chi connectivity index (χ0v) is 10.8. The lowest BCUT2D eigenvalue weighted by Crippen LogP contribution is -2.24. The van der Waals surface area contributed by atoms with Gasteiger partial charge in [0.2, 0.25) is 0 Å². The molecular formula is C13H19N3O2. The number of anilines is 1. The normalized spacial score (nSPS) is 19.8. The van der Waals surface area contributed by atoms with Gasteiger partial charge < -0.3 is 10.1 Å². The van der Waals surface area contributed by atoms with Gasteiger partial charge in [-0.05, 0) is 25.1 Å². The van der Waals surface area contributed by atoms with Gasteiger partial charge in [-0.2, -0.15) is 0 Å². The van der Waals surface area contributed by atoms with Gasteiger partial charge in [-0.1, -0.05) is 0 Å². The zero-order chi connectivity index (χ0) is 13.0. The molecule has 1 saturated heterocycles. The maximum atomic E-state index is 11.4. The number of carbonyl (C=O) groups excluding carboxylic acids is 1. The van der Waals surface area contributed by atoms with Crippen LogP contribution in [0.15, 0.2) is 18.3 Å². The summed E-state index contributed by atoms with van der Waals surface area (Å²) < 4.78 is 4.78. The van der Waals surface area contributed by atoms with E-state index in [1.54, 1.807) is 6.20 Å². The minimum atomic E-state index is -0.102. The minimum absolute atomic E-state index is 0.0162. The van der Waals surface area contributed by atoms with E-state index in [1.807, 2.05) is 19.2 Å². The fourth-order valence-electron chi connectivity index (χ4n) is 2.28. The molecule has 1 atom stereocenters. The zero-order valence-electron chi connectivity index (χ0n) is 10.8. The number of aromatic nitrogens is 1. The Morgan fingerprint density at radius 3 is 3.22 bits per heavy atom. The van der Waals surface area contributed by atoms with Gasteiger partial charge in [0, 0.05) is 32.0 Å². The maximum Gasteiger partial charge on any atom is 0.310 e. The van der Waals surface area contributed by atoms with Gasteiger partial charge in [-0.15, -0.1) is 0 Å². The van der Waals surface area contributed by atoms with E-state index in [1.165, 1.54) is 7.11 Å². The van der Waals surface area contributed by atoms with E-state index in [2.05, 4.69) is 15.2 Å². The Hall–Kier alpha value is -1.62. The lowest BCUT2D eigenvalue weighted by molar-refractivity contribution is -0.144. The molecule has 1 unspecified atom stereocenters. The second-order valence-corrected chi connectivity index (χ2v) is 4.53. The predicted octanol–water partition coefficient (Wildman–Crippen LogP) is 1.12. The van der Waals surface area contributed by atoms with E-state index < -0.39 is 0 Å². The minimum Gasteiger partial charge on any atom is -0.469 e. The molecule has 0 amide bonds. The van der Waals surface area contributed by atoms with E-state index in [4.69, 9.17) is 4.74 Å². The number of carbonyl (C=O) groups is 1. The molecule has 0 aromatic carbocycles. The van der Waals surface area contributed by atoms with Crippen molar-refractivity contribution in [1.29, 1.82) is 0 Å². The summed E-state index contributed by atoms with van der Waals surface area (Å²) in [5, 5.41) is 3.10. The third-order valence-electron chi connectivity index (χ3n) is 3.30. The molecule has 0 saturated carbocycles. The van der Waals surface area contributed by atoms with E-state index in [0.717, 1.165) is 37.4 Å². The number of rotatable bonds is 4. The van der Waals surface area contributed by atoms with Crippen LogP contribution in [0.5, 0.6) is 0 Å². The van der Waals surface area contributed by atoms with Crippen molar-refractivity contribution >= 4 is 11.7 Å². The molecular weight excluding hydrogens is 230 g/mol. The predicted molar refractivity (Wildman–Crippen MR) is 69.2 cm³/mol. The van der Waals surface area contributed by atoms with Crippen LogP contribution in [0.3, 0.4) is 0 Å². The molecule has 2 heterocycles. The van der Waals surface area contributed by atoms with Crippen LogP contribution in [-0.2, 0) is 16.1 Å². The summed E-state index contributed by atoms with van der Waals surface area (Å²) in [4.78, 5) is 18.0. The second-order valence-electron chi connectivity index (χ2n) is 4.53. The molecule has 1 aromatic rings. The molecule has 1 aliphatic rings. The summed E-state index contributed by atoms with van der Waals surface area (Å²) in [7, 11) is 3.34. The molecule has 98 valence electrons. The van der Waals surface area contributed by atoms with Crippen molar-refractivity contribution in [3.8, 4) is 0 Å². The first-order valence-electron chi connectivity index (χ1n) is 6.16. The summed E-state index contributed by atoms with van der Waals surface area (Å²) in [5.41, 5.74) is 2.08. The van der Waals surface area contributed by atoms with Crippen molar-refractivity contribution in [2.75, 3.05) is 32.6 Å². The summed E-state index contributed by atoms with van der Waals surface area (Å²) in [6.45, 7) is 2.46. The molecule has 1 aliphatic heterocycles. The van der Waals surface area contributed by atoms with Crippen LogP contribution < -0.4 is 5.32 Å². The number of ether oxygens (including phenoxy) is 1. The largest absolute Gasteiger partial charge is 0.469 e. The number of pyridine rings is 1. The molecule has 0 bridgehead atoms. The van der Waals surface area contributed by atoms with Crippen LogP contribution in [0.2, 0.25) is 0 Å². The molecule has 0 spiro atoms. The highest BCUT2D eigenvalue weighted by Crippen LogP contribution is 2.19. The molecule has 18 heavy (non-hydrogen) atoms. The number of hydrogen-bond donors (Lipinski definition) is 1. The average molecular weight is 249 g/mol. The van der Waals surface area contributed by atoms with Crippen molar-refractivity contribution in [3.63, 3.8) is 0 Å². The first-order chi connectivity index (χ1) is 8.72. The van der Waals surface area contributed by atoms with Gasteiger partial charge in [0.1, 0.15) is 0 Å². The Balaban J connectivity index is 1.92. The van der Waals surface area contributed by atoms with Crippen molar-refractivity contribution in [2.24, 2.45) is 5.92 Å². The molecule has 1 aromatic heterocycles. The van der Waals surface area contributed by atoms with Crippen molar-refractivity contribution in [1.82, 2.24) is 9.88 Å². The van der Waals surface area contributed by atoms with E-state index in [9.17, 15) is 4.79 Å². The average Bonchev–Trinajstić information content (AvgIpc) is 2.86. The van der Waals surface area contributed by atoms with Gasteiger partial charge in [0.05, 0.1) is 18.7 Å². The third kappa shape index (κ3) is 2.98. The van der Waals surface area contributed by atoms with Crippen LogP contribution in [0, 0.1) is 5.92 Å². The first-order valence-corrected chi connectivity index (χ1v) is 6.16. The van der Waals surface area contributed by atoms with Crippen molar-refractivity contribution < 1.29 is 9.53 Å². The number of esters is 1. The highest BCUT2D eigenvalue weighted by atomic mass is 16.5. The SMILES string of the molecule is CNc1ccnc(CN2CCC(C(=O)OC)C2)c1. The molecule has 0 aliphatic carbocycles. The van der Waals surface area contributed by atoms with Crippen LogP contribution in [0.4, 0.5) is 5.69 Å². The number of hydrogen-bond acceptors (Lipinski definition) is 5. The molecule has 1 fully saturated rings. The van der Waals surface area contributed by atoms with Gasteiger partial charge in [-0.25, -0.2) is 0 Å². The number of methoxy groups -OCH3 is 1. The standard InChI is InChI=1S/C13H19N3O2/c1-14-11-3-5-15-12(7-11)9-16-6-4-10(8-16)13(17)18-2/h3,5,7,10H,4,6,8-9H2,1-2H3,(H,14,15).